The molecule has 0 saturated heterocycles. The smallest absolute Gasteiger partial charge is 0.298 e. The summed E-state index contributed by atoms with van der Waals surface area (Å²) in [6.45, 7) is 0. The molecule has 1 atom stereocenters. The van der Waals surface area contributed by atoms with Gasteiger partial charge in [-0.3, -0.25) is 4.57 Å². The van der Waals surface area contributed by atoms with Gasteiger partial charge < -0.3 is 9.63 Å². The van der Waals surface area contributed by atoms with E-state index in [1.807, 2.05) is 24.3 Å². The van der Waals surface area contributed by atoms with Crippen molar-refractivity contribution < 1.29 is 14.2 Å². The van der Waals surface area contributed by atoms with Crippen molar-refractivity contribution in [3.63, 3.8) is 0 Å². The van der Waals surface area contributed by atoms with Gasteiger partial charge in [0, 0.05) is 10.9 Å². The first-order valence-electron chi connectivity index (χ1n) is 5.64. The number of fused-ring (bicyclic) bond motifs is 2. The third-order valence-electron chi connectivity index (χ3n) is 3.16. The second-order valence-corrected chi connectivity index (χ2v) is 6.56. The fourth-order valence-electron chi connectivity index (χ4n) is 2.35. The fourth-order valence-corrected chi connectivity index (χ4v) is 4.20. The molecule has 0 spiro atoms. The molecule has 0 radical (unpaired) electrons. The molecule has 4 heteroatoms. The van der Waals surface area contributed by atoms with E-state index in [1.165, 1.54) is 0 Å². The van der Waals surface area contributed by atoms with Crippen molar-refractivity contribution in [2.45, 2.75) is 12.8 Å². The number of hydrogen-bond donors (Lipinski definition) is 1. The highest BCUT2D eigenvalue weighted by Gasteiger charge is 2.37. The van der Waals surface area contributed by atoms with Crippen LogP contribution in [0.4, 0.5) is 0 Å². The molecular formula is C13H13O3P. The molecule has 2 aliphatic rings. The lowest BCUT2D eigenvalue weighted by molar-refractivity contribution is 0.337. The lowest BCUT2D eigenvalue weighted by atomic mass is 9.98. The van der Waals surface area contributed by atoms with Crippen LogP contribution in [-0.2, 0) is 4.57 Å². The molecule has 1 unspecified atom stereocenters. The van der Waals surface area contributed by atoms with Crippen LogP contribution < -0.4 is 4.52 Å². The summed E-state index contributed by atoms with van der Waals surface area (Å²) in [4.78, 5) is 0. The van der Waals surface area contributed by atoms with E-state index < -0.39 is 13.7 Å². The first-order valence-corrected chi connectivity index (χ1v) is 7.45. The molecule has 17 heavy (non-hydrogen) atoms. The SMILES string of the molecule is O=P1(CO)Oc2ccccc2C2=C1CCC=C2. The number of aliphatic hydroxyl groups is 1. The van der Waals surface area contributed by atoms with E-state index in [-0.39, 0.29) is 0 Å². The van der Waals surface area contributed by atoms with E-state index in [4.69, 9.17) is 4.52 Å². The third kappa shape index (κ3) is 1.58. The van der Waals surface area contributed by atoms with E-state index in [0.29, 0.717) is 12.2 Å². The van der Waals surface area contributed by atoms with Crippen molar-refractivity contribution in [3.8, 4) is 5.75 Å². The van der Waals surface area contributed by atoms with Crippen LogP contribution in [0.1, 0.15) is 18.4 Å². The lowest BCUT2D eigenvalue weighted by Crippen LogP contribution is -2.10. The van der Waals surface area contributed by atoms with Gasteiger partial charge in [-0.25, -0.2) is 0 Å². The Balaban J connectivity index is 2.27. The molecule has 0 bridgehead atoms. The molecule has 1 aromatic rings. The molecule has 0 saturated carbocycles. The predicted octanol–water partition coefficient (Wildman–Crippen LogP) is 3.37. The molecule has 0 fully saturated rings. The maximum absolute atomic E-state index is 12.6. The zero-order valence-electron chi connectivity index (χ0n) is 9.30. The second-order valence-electron chi connectivity index (χ2n) is 4.20. The van der Waals surface area contributed by atoms with Gasteiger partial charge in [0.05, 0.1) is 0 Å². The minimum absolute atomic E-state index is 0.423. The van der Waals surface area contributed by atoms with Crippen molar-refractivity contribution in [1.29, 1.82) is 0 Å². The Hall–Kier alpha value is -1.31. The molecule has 0 amide bonds. The van der Waals surface area contributed by atoms with Crippen LogP contribution in [0.15, 0.2) is 41.7 Å². The summed E-state index contributed by atoms with van der Waals surface area (Å²) in [5.74, 6) is 0.607. The summed E-state index contributed by atoms with van der Waals surface area (Å²) < 4.78 is 18.1. The summed E-state index contributed by atoms with van der Waals surface area (Å²) in [5, 5.41) is 10.1. The van der Waals surface area contributed by atoms with Gasteiger partial charge in [-0.2, -0.15) is 0 Å². The Kier molecular flexibility index (Phi) is 2.46. The van der Waals surface area contributed by atoms with Crippen molar-refractivity contribution in [3.05, 3.63) is 47.3 Å². The minimum atomic E-state index is -3.07. The van der Waals surface area contributed by atoms with Gasteiger partial charge in [-0.15, -0.1) is 0 Å². The number of para-hydroxylation sites is 1. The van der Waals surface area contributed by atoms with Gasteiger partial charge in [0.25, 0.3) is 7.37 Å². The number of aliphatic hydroxyl groups excluding tert-OH is 1. The monoisotopic (exact) mass is 248 g/mol. The summed E-state index contributed by atoms with van der Waals surface area (Å²) in [5.41, 5.74) is 1.94. The van der Waals surface area contributed by atoms with Crippen molar-refractivity contribution in [2.75, 3.05) is 6.35 Å². The fraction of sp³-hybridized carbons (Fsp3) is 0.231. The highest BCUT2D eigenvalue weighted by molar-refractivity contribution is 7.64. The normalized spacial score (nSPS) is 26.2. The molecule has 1 heterocycles. The topological polar surface area (TPSA) is 46.5 Å². The van der Waals surface area contributed by atoms with Crippen LogP contribution in [0.5, 0.6) is 5.75 Å². The predicted molar refractivity (Wildman–Crippen MR) is 67.1 cm³/mol. The first kappa shape index (κ1) is 10.8. The van der Waals surface area contributed by atoms with Gasteiger partial charge in [0.1, 0.15) is 12.1 Å². The Morgan fingerprint density at radius 3 is 3.00 bits per heavy atom. The van der Waals surface area contributed by atoms with Gasteiger partial charge in [0.15, 0.2) is 0 Å². The summed E-state index contributed by atoms with van der Waals surface area (Å²) in [7, 11) is -3.07. The third-order valence-corrected chi connectivity index (χ3v) is 5.31. The van der Waals surface area contributed by atoms with E-state index in [1.54, 1.807) is 6.07 Å². The van der Waals surface area contributed by atoms with E-state index in [0.717, 1.165) is 22.9 Å². The van der Waals surface area contributed by atoms with Crippen molar-refractivity contribution in [2.24, 2.45) is 0 Å². The molecule has 1 aliphatic carbocycles. The van der Waals surface area contributed by atoms with E-state index >= 15 is 0 Å². The minimum Gasteiger partial charge on any atom is -0.438 e. The Labute approximate surface area is 99.9 Å². The number of allylic oxidation sites excluding steroid dienone is 4. The molecule has 1 aliphatic heterocycles. The molecule has 3 nitrogen and oxygen atoms in total. The molecule has 3 rings (SSSR count). The number of rotatable bonds is 1. The Morgan fingerprint density at radius 1 is 1.35 bits per heavy atom. The quantitative estimate of drug-likeness (QED) is 0.775. The molecule has 88 valence electrons. The Bertz CT molecular complexity index is 572. The second kappa shape index (κ2) is 3.86. The molecular weight excluding hydrogens is 235 g/mol. The number of benzene rings is 1. The summed E-state index contributed by atoms with van der Waals surface area (Å²) in [6.07, 6.45) is 5.20. The van der Waals surface area contributed by atoms with Crippen molar-refractivity contribution in [1.82, 2.24) is 0 Å². The summed E-state index contributed by atoms with van der Waals surface area (Å²) in [6, 6.07) is 7.54. The maximum Gasteiger partial charge on any atom is 0.298 e. The average molecular weight is 248 g/mol. The van der Waals surface area contributed by atoms with Crippen LogP contribution in [0.25, 0.3) is 5.57 Å². The largest absolute Gasteiger partial charge is 0.438 e. The van der Waals surface area contributed by atoms with Crippen LogP contribution in [0.3, 0.4) is 0 Å². The van der Waals surface area contributed by atoms with Crippen LogP contribution in [-0.4, -0.2) is 11.5 Å². The standard InChI is InChI=1S/C13H13O3P/c14-9-17(15)13-8-4-2-6-11(13)10-5-1-3-7-12(10)16-17/h1-3,5-7,14H,4,8-9H2. The Morgan fingerprint density at radius 2 is 2.18 bits per heavy atom. The highest BCUT2D eigenvalue weighted by Crippen LogP contribution is 2.63. The molecule has 1 aromatic carbocycles. The van der Waals surface area contributed by atoms with Crippen LogP contribution in [0.2, 0.25) is 0 Å². The average Bonchev–Trinajstić information content (AvgIpc) is 2.39. The van der Waals surface area contributed by atoms with Crippen LogP contribution >= 0.6 is 7.37 Å². The van der Waals surface area contributed by atoms with E-state index in [2.05, 4.69) is 6.08 Å². The van der Waals surface area contributed by atoms with Crippen molar-refractivity contribution >= 4 is 12.9 Å². The summed E-state index contributed by atoms with van der Waals surface area (Å²) >= 11 is 0. The van der Waals surface area contributed by atoms with Crippen LogP contribution in [0, 0.1) is 0 Å². The molecule has 0 aromatic heterocycles. The maximum atomic E-state index is 12.6. The zero-order valence-corrected chi connectivity index (χ0v) is 10.2. The van der Waals surface area contributed by atoms with Gasteiger partial charge in [-0.05, 0) is 24.5 Å². The van der Waals surface area contributed by atoms with Gasteiger partial charge >= 0.3 is 0 Å². The molecule has 1 N–H and O–H groups in total. The zero-order chi connectivity index (χ0) is 11.9. The number of hydrogen-bond acceptors (Lipinski definition) is 3. The van der Waals surface area contributed by atoms with Gasteiger partial charge in [-0.1, -0.05) is 30.4 Å². The lowest BCUT2D eigenvalue weighted by Gasteiger charge is -2.30. The first-order chi connectivity index (χ1) is 8.24. The van der Waals surface area contributed by atoms with E-state index in [9.17, 15) is 9.67 Å². The van der Waals surface area contributed by atoms with Gasteiger partial charge in [0.2, 0.25) is 0 Å². The highest BCUT2D eigenvalue weighted by atomic mass is 31.2.